The number of ether oxygens (including phenoxy) is 1. The maximum atomic E-state index is 12.4. The maximum absolute atomic E-state index is 12.4. The smallest absolute Gasteiger partial charge is 0.507 e. The van der Waals surface area contributed by atoms with Crippen molar-refractivity contribution in [1.82, 2.24) is 0 Å². The first-order valence-electron chi connectivity index (χ1n) is 6.26. The Hall–Kier alpha value is -2.42. The molecule has 0 saturated heterocycles. The molecule has 0 heterocycles. The minimum Gasteiger partial charge on any atom is -0.507 e. The molecule has 0 aliphatic carbocycles. The Morgan fingerprint density at radius 3 is 2.43 bits per heavy atom. The van der Waals surface area contributed by atoms with Gasteiger partial charge in [-0.1, -0.05) is 18.2 Å². The lowest BCUT2D eigenvalue weighted by Crippen LogP contribution is -2.20. The molecule has 0 bridgehead atoms. The number of nitrogens with one attached hydrogen (secondary N) is 1. The molecule has 2 rings (SSSR count). The zero-order valence-corrected chi connectivity index (χ0v) is 12.6. The molecule has 124 valence electrons. The average molecular weight is 347 g/mol. The fraction of sp³-hybridized carbons (Fsp3) is 0.143. The van der Waals surface area contributed by atoms with Gasteiger partial charge in [0.05, 0.1) is 5.69 Å². The third-order valence-corrected chi connectivity index (χ3v) is 4.16. The quantitative estimate of drug-likeness (QED) is 0.889. The van der Waals surface area contributed by atoms with Crippen molar-refractivity contribution in [1.29, 1.82) is 0 Å². The predicted octanol–water partition coefficient (Wildman–Crippen LogP) is 3.40. The van der Waals surface area contributed by atoms with Crippen molar-refractivity contribution in [3.05, 3.63) is 48.0 Å². The van der Waals surface area contributed by atoms with Crippen molar-refractivity contribution in [2.45, 2.75) is 18.2 Å². The lowest BCUT2D eigenvalue weighted by molar-refractivity contribution is -0.274. The fourth-order valence-corrected chi connectivity index (χ4v) is 3.05. The predicted molar refractivity (Wildman–Crippen MR) is 76.8 cm³/mol. The summed E-state index contributed by atoms with van der Waals surface area (Å²) in [7, 11) is -4.29. The molecule has 0 atom stereocenters. The third kappa shape index (κ3) is 4.28. The number of aryl methyl sites for hydroxylation is 1. The number of para-hydroxylation sites is 2. The van der Waals surface area contributed by atoms with Crippen LogP contribution in [0.3, 0.4) is 0 Å². The van der Waals surface area contributed by atoms with Crippen molar-refractivity contribution in [2.75, 3.05) is 4.72 Å². The molecular weight excluding hydrogens is 335 g/mol. The van der Waals surface area contributed by atoms with Gasteiger partial charge in [0.1, 0.15) is 10.6 Å². The Morgan fingerprint density at radius 2 is 1.78 bits per heavy atom. The van der Waals surface area contributed by atoms with Crippen LogP contribution in [0.15, 0.2) is 47.4 Å². The minimum absolute atomic E-state index is 0.397. The van der Waals surface area contributed by atoms with Gasteiger partial charge >= 0.3 is 6.36 Å². The first-order valence-corrected chi connectivity index (χ1v) is 7.74. The lowest BCUT2D eigenvalue weighted by atomic mass is 10.2. The molecule has 0 saturated carbocycles. The molecular formula is C14H12F3NO4S. The molecule has 0 spiro atoms. The number of anilines is 1. The second-order valence-corrected chi connectivity index (χ2v) is 6.27. The Balaban J connectivity index is 2.40. The first-order chi connectivity index (χ1) is 10.6. The molecule has 0 unspecified atom stereocenters. The molecule has 0 amide bonds. The van der Waals surface area contributed by atoms with E-state index in [-0.39, 0.29) is 0 Å². The summed E-state index contributed by atoms with van der Waals surface area (Å²) in [5.41, 5.74) is 0.161. The highest BCUT2D eigenvalue weighted by atomic mass is 32.2. The molecule has 0 aromatic heterocycles. The number of phenolic OH excluding ortho intramolecular Hbond substituents is 1. The van der Waals surface area contributed by atoms with Crippen LogP contribution in [0.1, 0.15) is 5.56 Å². The molecule has 0 radical (unpaired) electrons. The number of alkyl halides is 3. The van der Waals surface area contributed by atoms with Crippen LogP contribution in [0.25, 0.3) is 0 Å². The summed E-state index contributed by atoms with van der Waals surface area (Å²) < 4.78 is 67.4. The van der Waals surface area contributed by atoms with Crippen molar-refractivity contribution >= 4 is 15.7 Å². The Morgan fingerprint density at radius 1 is 1.13 bits per heavy atom. The topological polar surface area (TPSA) is 75.6 Å². The summed E-state index contributed by atoms with van der Waals surface area (Å²) in [5.74, 6) is -1.21. The zero-order chi connectivity index (χ0) is 17.3. The van der Waals surface area contributed by atoms with Gasteiger partial charge in [-0.05, 0) is 36.8 Å². The number of hydrogen-bond donors (Lipinski definition) is 2. The van der Waals surface area contributed by atoms with E-state index in [1.807, 2.05) is 4.72 Å². The van der Waals surface area contributed by atoms with Crippen LogP contribution in [-0.4, -0.2) is 19.9 Å². The second-order valence-electron chi connectivity index (χ2n) is 4.62. The Bertz CT molecular complexity index is 819. The molecule has 2 N–H and O–H groups in total. The number of benzene rings is 2. The van der Waals surface area contributed by atoms with Gasteiger partial charge in [-0.25, -0.2) is 8.42 Å². The van der Waals surface area contributed by atoms with E-state index in [0.717, 1.165) is 12.1 Å². The van der Waals surface area contributed by atoms with E-state index in [4.69, 9.17) is 0 Å². The number of sulfonamides is 1. The number of phenols is 1. The van der Waals surface area contributed by atoms with Gasteiger partial charge in [0.15, 0.2) is 5.75 Å². The average Bonchev–Trinajstić information content (AvgIpc) is 2.42. The summed E-state index contributed by atoms with van der Waals surface area (Å²) in [6.45, 7) is 1.61. The van der Waals surface area contributed by atoms with Gasteiger partial charge in [0, 0.05) is 0 Å². The van der Waals surface area contributed by atoms with Crippen LogP contribution in [-0.2, 0) is 10.0 Å². The highest BCUT2D eigenvalue weighted by molar-refractivity contribution is 7.92. The van der Waals surface area contributed by atoms with Gasteiger partial charge in [0.2, 0.25) is 0 Å². The Labute approximate surface area is 130 Å². The van der Waals surface area contributed by atoms with E-state index < -0.39 is 38.5 Å². The Kier molecular flexibility index (Phi) is 4.42. The summed E-state index contributed by atoms with van der Waals surface area (Å²) in [6.07, 6.45) is -4.97. The van der Waals surface area contributed by atoms with Crippen molar-refractivity contribution in [3.8, 4) is 11.5 Å². The van der Waals surface area contributed by atoms with Crippen molar-refractivity contribution < 1.29 is 31.4 Å². The van der Waals surface area contributed by atoms with E-state index in [1.54, 1.807) is 6.92 Å². The van der Waals surface area contributed by atoms with E-state index in [1.165, 1.54) is 30.3 Å². The number of rotatable bonds is 4. The highest BCUT2D eigenvalue weighted by Gasteiger charge is 2.32. The van der Waals surface area contributed by atoms with Gasteiger partial charge in [-0.2, -0.15) is 0 Å². The van der Waals surface area contributed by atoms with E-state index in [2.05, 4.69) is 4.74 Å². The van der Waals surface area contributed by atoms with Crippen molar-refractivity contribution in [2.24, 2.45) is 0 Å². The molecule has 23 heavy (non-hydrogen) atoms. The number of hydrogen-bond acceptors (Lipinski definition) is 4. The van der Waals surface area contributed by atoms with Gasteiger partial charge in [-0.3, -0.25) is 4.72 Å². The van der Waals surface area contributed by atoms with Gasteiger partial charge in [-0.15, -0.1) is 13.2 Å². The molecule has 9 heteroatoms. The van der Waals surface area contributed by atoms with Crippen LogP contribution < -0.4 is 9.46 Å². The fourth-order valence-electron chi connectivity index (χ4n) is 1.80. The SMILES string of the molecule is Cc1ccc(O)c(S(=O)(=O)Nc2ccccc2OC(F)(F)F)c1. The highest BCUT2D eigenvalue weighted by Crippen LogP contribution is 2.33. The molecule has 2 aromatic carbocycles. The zero-order valence-electron chi connectivity index (χ0n) is 11.8. The van der Waals surface area contributed by atoms with Crippen LogP contribution in [0.4, 0.5) is 18.9 Å². The monoisotopic (exact) mass is 347 g/mol. The van der Waals surface area contributed by atoms with Gasteiger partial charge < -0.3 is 9.84 Å². The number of aromatic hydroxyl groups is 1. The van der Waals surface area contributed by atoms with Crippen LogP contribution >= 0.6 is 0 Å². The van der Waals surface area contributed by atoms with Crippen LogP contribution in [0, 0.1) is 6.92 Å². The summed E-state index contributed by atoms with van der Waals surface area (Å²) in [4.78, 5) is -0.445. The molecule has 0 aliphatic rings. The molecule has 5 nitrogen and oxygen atoms in total. The molecule has 2 aromatic rings. The van der Waals surface area contributed by atoms with Crippen LogP contribution in [0.5, 0.6) is 11.5 Å². The minimum atomic E-state index is -4.97. The largest absolute Gasteiger partial charge is 0.573 e. The van der Waals surface area contributed by atoms with E-state index >= 15 is 0 Å². The number of halogens is 3. The van der Waals surface area contributed by atoms with E-state index in [0.29, 0.717) is 5.56 Å². The molecule has 0 fully saturated rings. The lowest BCUT2D eigenvalue weighted by Gasteiger charge is -2.15. The standard InChI is InChI=1S/C14H12F3NO4S/c1-9-6-7-11(19)13(8-9)23(20,21)18-10-4-2-3-5-12(10)22-14(15,16)17/h2-8,18-19H,1H3. The molecule has 0 aliphatic heterocycles. The van der Waals surface area contributed by atoms with Crippen LogP contribution in [0.2, 0.25) is 0 Å². The first kappa shape index (κ1) is 16.9. The summed E-state index contributed by atoms with van der Waals surface area (Å²) >= 11 is 0. The van der Waals surface area contributed by atoms with Crippen molar-refractivity contribution in [3.63, 3.8) is 0 Å². The third-order valence-electron chi connectivity index (χ3n) is 2.76. The maximum Gasteiger partial charge on any atom is 0.573 e. The normalized spacial score (nSPS) is 12.0. The summed E-state index contributed by atoms with van der Waals surface area (Å²) in [6, 6.07) is 8.58. The summed E-state index contributed by atoms with van der Waals surface area (Å²) in [5, 5.41) is 9.67. The second kappa shape index (κ2) is 5.99. The van der Waals surface area contributed by atoms with E-state index in [9.17, 15) is 26.7 Å². The van der Waals surface area contributed by atoms with Gasteiger partial charge in [0.25, 0.3) is 10.0 Å².